The predicted molar refractivity (Wildman–Crippen MR) is 135 cm³/mol. The highest BCUT2D eigenvalue weighted by molar-refractivity contribution is 5.89. The van der Waals surface area contributed by atoms with Crippen molar-refractivity contribution >= 4 is 17.6 Å². The van der Waals surface area contributed by atoms with Gasteiger partial charge in [-0.3, -0.25) is 4.79 Å². The van der Waals surface area contributed by atoms with Gasteiger partial charge in [0.15, 0.2) is 0 Å². The Balaban J connectivity index is 1.83. The van der Waals surface area contributed by atoms with Crippen LogP contribution in [0.15, 0.2) is 24.3 Å². The quantitative estimate of drug-likeness (QED) is 0.164. The molecule has 0 fully saturated rings. The van der Waals surface area contributed by atoms with Crippen molar-refractivity contribution < 1.29 is 42.7 Å². The molecular formula is C26H43NO9. The van der Waals surface area contributed by atoms with Crippen LogP contribution in [0.25, 0.3) is 0 Å². The Labute approximate surface area is 214 Å². The number of unbranched alkanes of at least 4 members (excludes halogenated alkanes) is 1. The van der Waals surface area contributed by atoms with Crippen molar-refractivity contribution in [2.75, 3.05) is 91.1 Å². The first kappa shape index (κ1) is 31.8. The van der Waals surface area contributed by atoms with Crippen LogP contribution in [0, 0.1) is 0 Å². The number of hydrogen-bond acceptors (Lipinski definition) is 10. The summed E-state index contributed by atoms with van der Waals surface area (Å²) in [5.41, 5.74) is 1.51. The lowest BCUT2D eigenvalue weighted by Crippen LogP contribution is -2.15. The summed E-state index contributed by atoms with van der Waals surface area (Å²) >= 11 is 0. The molecule has 1 N–H and O–H groups in total. The minimum atomic E-state index is -0.363. The Hall–Kier alpha value is -2.24. The van der Waals surface area contributed by atoms with Crippen molar-refractivity contribution in [2.24, 2.45) is 0 Å². The van der Waals surface area contributed by atoms with Crippen LogP contribution in [0.2, 0.25) is 0 Å². The van der Waals surface area contributed by atoms with Crippen LogP contribution >= 0.6 is 0 Å². The summed E-state index contributed by atoms with van der Waals surface area (Å²) in [4.78, 5) is 23.2. The maximum absolute atomic E-state index is 12.1. The Morgan fingerprint density at radius 3 is 1.67 bits per heavy atom. The van der Waals surface area contributed by atoms with Crippen molar-refractivity contribution in [2.45, 2.75) is 33.1 Å². The first-order valence-electron chi connectivity index (χ1n) is 12.7. The molecule has 10 heteroatoms. The molecule has 0 saturated heterocycles. The van der Waals surface area contributed by atoms with E-state index in [1.807, 2.05) is 12.1 Å². The average molecular weight is 514 g/mol. The largest absolute Gasteiger partial charge is 0.466 e. The van der Waals surface area contributed by atoms with Crippen LogP contribution in [-0.4, -0.2) is 97.8 Å². The molecule has 0 saturated carbocycles. The summed E-state index contributed by atoms with van der Waals surface area (Å²) in [6.07, 6.45) is 2.50. The van der Waals surface area contributed by atoms with Gasteiger partial charge >= 0.3 is 11.9 Å². The zero-order valence-corrected chi connectivity index (χ0v) is 21.8. The molecular weight excluding hydrogens is 470 g/mol. The molecule has 0 atom stereocenters. The number of carbonyl (C=O) groups is 2. The third-order valence-electron chi connectivity index (χ3n) is 4.68. The van der Waals surface area contributed by atoms with Crippen molar-refractivity contribution in [3.63, 3.8) is 0 Å². The topological polar surface area (TPSA) is 111 Å². The molecule has 0 amide bonds. The summed E-state index contributed by atoms with van der Waals surface area (Å²) in [6.45, 7) is 9.61. The highest BCUT2D eigenvalue weighted by atomic mass is 16.6. The van der Waals surface area contributed by atoms with Crippen molar-refractivity contribution in [1.82, 2.24) is 0 Å². The van der Waals surface area contributed by atoms with E-state index in [2.05, 4.69) is 12.2 Å². The van der Waals surface area contributed by atoms with Gasteiger partial charge in [0.05, 0.1) is 84.7 Å². The van der Waals surface area contributed by atoms with Gasteiger partial charge in [-0.05, 0) is 37.6 Å². The molecule has 0 aliphatic carbocycles. The van der Waals surface area contributed by atoms with Crippen LogP contribution in [0.3, 0.4) is 0 Å². The van der Waals surface area contributed by atoms with Crippen molar-refractivity contribution in [3.8, 4) is 0 Å². The Morgan fingerprint density at radius 1 is 0.667 bits per heavy atom. The van der Waals surface area contributed by atoms with E-state index in [0.717, 1.165) is 25.1 Å². The smallest absolute Gasteiger partial charge is 0.338 e. The third kappa shape index (κ3) is 18.1. The van der Waals surface area contributed by atoms with Crippen molar-refractivity contribution in [1.29, 1.82) is 0 Å². The number of benzene rings is 1. The second-order valence-corrected chi connectivity index (χ2v) is 7.61. The fourth-order valence-electron chi connectivity index (χ4n) is 2.78. The SMILES string of the molecule is CCCCNc1ccc(C(=O)OCCOCCOCCOCCOCCOCCC(=O)OCC)cc1. The van der Waals surface area contributed by atoms with E-state index >= 15 is 0 Å². The number of rotatable bonds is 24. The number of nitrogens with one attached hydrogen (secondary N) is 1. The number of ether oxygens (including phenoxy) is 7. The first-order chi connectivity index (χ1) is 17.7. The van der Waals surface area contributed by atoms with Gasteiger partial charge in [0.25, 0.3) is 0 Å². The monoisotopic (exact) mass is 513 g/mol. The molecule has 1 aromatic carbocycles. The lowest BCUT2D eigenvalue weighted by molar-refractivity contribution is -0.144. The minimum Gasteiger partial charge on any atom is -0.466 e. The molecule has 0 bridgehead atoms. The molecule has 36 heavy (non-hydrogen) atoms. The molecule has 0 aromatic heterocycles. The van der Waals surface area contributed by atoms with Crippen LogP contribution in [0.4, 0.5) is 5.69 Å². The number of esters is 2. The van der Waals surface area contributed by atoms with Crippen LogP contribution in [0.5, 0.6) is 0 Å². The summed E-state index contributed by atoms with van der Waals surface area (Å²) in [7, 11) is 0. The standard InChI is InChI=1S/C26H43NO9/c1-3-5-11-27-24-8-6-23(7-9-24)26(29)36-22-21-34-20-19-33-18-17-32-16-15-31-14-13-30-12-10-25(28)35-4-2/h6-9,27H,3-5,10-22H2,1-2H3. The molecule has 0 radical (unpaired) electrons. The predicted octanol–water partition coefficient (Wildman–Crippen LogP) is 3.09. The highest BCUT2D eigenvalue weighted by Crippen LogP contribution is 2.10. The average Bonchev–Trinajstić information content (AvgIpc) is 2.88. The maximum Gasteiger partial charge on any atom is 0.338 e. The van der Waals surface area contributed by atoms with E-state index < -0.39 is 0 Å². The van der Waals surface area contributed by atoms with E-state index in [1.165, 1.54) is 0 Å². The van der Waals surface area contributed by atoms with E-state index in [-0.39, 0.29) is 25.0 Å². The summed E-state index contributed by atoms with van der Waals surface area (Å²) in [6, 6.07) is 7.27. The number of carbonyl (C=O) groups excluding carboxylic acids is 2. The van der Waals surface area contributed by atoms with Gasteiger partial charge < -0.3 is 38.5 Å². The summed E-state index contributed by atoms with van der Waals surface area (Å²) in [5, 5.41) is 3.31. The molecule has 0 aliphatic rings. The third-order valence-corrected chi connectivity index (χ3v) is 4.68. The van der Waals surface area contributed by atoms with Gasteiger partial charge in [-0.2, -0.15) is 0 Å². The molecule has 1 aromatic rings. The fourth-order valence-corrected chi connectivity index (χ4v) is 2.78. The Kier molecular flexibility index (Phi) is 20.5. The van der Waals surface area contributed by atoms with Gasteiger partial charge in [0, 0.05) is 12.2 Å². The Morgan fingerprint density at radius 2 is 1.17 bits per heavy atom. The lowest BCUT2D eigenvalue weighted by Gasteiger charge is -2.09. The first-order valence-corrected chi connectivity index (χ1v) is 12.7. The molecule has 0 spiro atoms. The Bertz CT molecular complexity index is 670. The molecule has 206 valence electrons. The van der Waals surface area contributed by atoms with E-state index in [4.69, 9.17) is 33.2 Å². The molecule has 10 nitrogen and oxygen atoms in total. The zero-order valence-electron chi connectivity index (χ0n) is 21.8. The second kappa shape index (κ2) is 23.2. The zero-order chi connectivity index (χ0) is 26.1. The van der Waals surface area contributed by atoms with Crippen molar-refractivity contribution in [3.05, 3.63) is 29.8 Å². The minimum absolute atomic E-state index is 0.189. The van der Waals surface area contributed by atoms with Gasteiger partial charge in [-0.15, -0.1) is 0 Å². The van der Waals surface area contributed by atoms with Crippen LogP contribution in [0.1, 0.15) is 43.5 Å². The number of hydrogen-bond donors (Lipinski definition) is 1. The van der Waals surface area contributed by atoms with E-state index in [9.17, 15) is 9.59 Å². The second-order valence-electron chi connectivity index (χ2n) is 7.61. The lowest BCUT2D eigenvalue weighted by atomic mass is 10.2. The molecule has 0 aliphatic heterocycles. The van der Waals surface area contributed by atoms with Gasteiger partial charge in [-0.25, -0.2) is 4.79 Å². The maximum atomic E-state index is 12.1. The number of anilines is 1. The molecule has 1 rings (SSSR count). The molecule has 0 unspecified atom stereocenters. The normalized spacial score (nSPS) is 10.8. The van der Waals surface area contributed by atoms with E-state index in [1.54, 1.807) is 19.1 Å². The summed E-state index contributed by atoms with van der Waals surface area (Å²) in [5.74, 6) is -0.618. The fraction of sp³-hybridized carbons (Fsp3) is 0.692. The van der Waals surface area contributed by atoms with Crippen LogP contribution < -0.4 is 5.32 Å². The van der Waals surface area contributed by atoms with Crippen LogP contribution in [-0.2, 0) is 38.0 Å². The highest BCUT2D eigenvalue weighted by Gasteiger charge is 2.06. The molecule has 0 heterocycles. The van der Waals surface area contributed by atoms with E-state index in [0.29, 0.717) is 78.2 Å². The summed E-state index contributed by atoms with van der Waals surface area (Å²) < 4.78 is 36.9. The van der Waals surface area contributed by atoms with Gasteiger partial charge in [0.2, 0.25) is 0 Å². The van der Waals surface area contributed by atoms with Gasteiger partial charge in [0.1, 0.15) is 6.61 Å². The van der Waals surface area contributed by atoms with Gasteiger partial charge in [-0.1, -0.05) is 13.3 Å².